The summed E-state index contributed by atoms with van der Waals surface area (Å²) in [6.45, 7) is 5.24. The molecule has 0 spiro atoms. The average Bonchev–Trinajstić information content (AvgIpc) is 3.22. The van der Waals surface area contributed by atoms with E-state index in [1.54, 1.807) is 12.0 Å². The Balaban J connectivity index is 1.19. The van der Waals surface area contributed by atoms with Crippen molar-refractivity contribution in [2.45, 2.75) is 6.42 Å². The first-order chi connectivity index (χ1) is 15.5. The lowest BCUT2D eigenvalue weighted by Crippen LogP contribution is -2.48. The van der Waals surface area contributed by atoms with E-state index in [-0.39, 0.29) is 30.0 Å². The molecule has 4 rings (SSSR count). The Labute approximate surface area is 187 Å². The van der Waals surface area contributed by atoms with Gasteiger partial charge in [-0.3, -0.25) is 14.5 Å². The van der Waals surface area contributed by atoms with Crippen LogP contribution in [0.5, 0.6) is 5.75 Å². The van der Waals surface area contributed by atoms with Gasteiger partial charge in [-0.15, -0.1) is 0 Å². The van der Waals surface area contributed by atoms with E-state index in [9.17, 15) is 14.0 Å². The summed E-state index contributed by atoms with van der Waals surface area (Å²) < 4.78 is 18.3. The number of hydrogen-bond acceptors (Lipinski definition) is 5. The zero-order chi connectivity index (χ0) is 22.5. The molecule has 170 valence electrons. The molecule has 2 aromatic carbocycles. The first-order valence-corrected chi connectivity index (χ1v) is 11.0. The van der Waals surface area contributed by atoms with Crippen LogP contribution in [0, 0.1) is 11.7 Å². The molecule has 0 radical (unpaired) electrons. The first-order valence-electron chi connectivity index (χ1n) is 11.0. The van der Waals surface area contributed by atoms with Crippen molar-refractivity contribution in [3.8, 4) is 5.75 Å². The normalized spacial score (nSPS) is 19.3. The summed E-state index contributed by atoms with van der Waals surface area (Å²) in [7, 11) is 1.60. The molecule has 1 N–H and O–H groups in total. The molecule has 2 aliphatic rings. The summed E-state index contributed by atoms with van der Waals surface area (Å²) in [4.78, 5) is 31.2. The Bertz CT molecular complexity index is 927. The Morgan fingerprint density at radius 3 is 2.34 bits per heavy atom. The maximum Gasteiger partial charge on any atom is 0.227 e. The third kappa shape index (κ3) is 5.19. The van der Waals surface area contributed by atoms with Crippen molar-refractivity contribution < 1.29 is 18.7 Å². The lowest BCUT2D eigenvalue weighted by molar-refractivity contribution is -0.126. The van der Waals surface area contributed by atoms with E-state index >= 15 is 0 Å². The molecule has 1 unspecified atom stereocenters. The molecule has 2 aromatic rings. The van der Waals surface area contributed by atoms with Crippen LogP contribution in [0.2, 0.25) is 0 Å². The van der Waals surface area contributed by atoms with Gasteiger partial charge in [0.1, 0.15) is 11.6 Å². The number of rotatable bonds is 7. The Hall–Kier alpha value is -3.13. The second-order valence-corrected chi connectivity index (χ2v) is 8.20. The van der Waals surface area contributed by atoms with E-state index < -0.39 is 0 Å². The molecule has 2 aliphatic heterocycles. The number of methoxy groups -OCH3 is 1. The summed E-state index contributed by atoms with van der Waals surface area (Å²) in [6, 6.07) is 13.9. The van der Waals surface area contributed by atoms with E-state index in [1.165, 1.54) is 12.1 Å². The SMILES string of the molecule is COc1ccc(N2CC(C(=O)NCCN3CCN(c4ccc(F)cc4)CC3)CC2=O)cc1. The number of nitrogens with zero attached hydrogens (tertiary/aromatic N) is 3. The highest BCUT2D eigenvalue weighted by atomic mass is 19.1. The largest absolute Gasteiger partial charge is 0.497 e. The topological polar surface area (TPSA) is 65.1 Å². The summed E-state index contributed by atoms with van der Waals surface area (Å²) in [6.07, 6.45) is 0.230. The number of hydrogen-bond donors (Lipinski definition) is 1. The molecule has 0 bridgehead atoms. The predicted octanol–water partition coefficient (Wildman–Crippen LogP) is 2.13. The van der Waals surface area contributed by atoms with Gasteiger partial charge in [-0.2, -0.15) is 0 Å². The van der Waals surface area contributed by atoms with Gasteiger partial charge >= 0.3 is 0 Å². The van der Waals surface area contributed by atoms with E-state index in [0.717, 1.165) is 49.8 Å². The summed E-state index contributed by atoms with van der Waals surface area (Å²) in [5.41, 5.74) is 1.82. The Morgan fingerprint density at radius 1 is 1.03 bits per heavy atom. The molecule has 1 atom stereocenters. The van der Waals surface area contributed by atoms with E-state index in [1.807, 2.05) is 36.4 Å². The highest BCUT2D eigenvalue weighted by Gasteiger charge is 2.35. The fourth-order valence-corrected chi connectivity index (χ4v) is 4.26. The van der Waals surface area contributed by atoms with Gasteiger partial charge in [0.15, 0.2) is 0 Å². The summed E-state index contributed by atoms with van der Waals surface area (Å²) >= 11 is 0. The monoisotopic (exact) mass is 440 g/mol. The van der Waals surface area contributed by atoms with Crippen LogP contribution in [0.15, 0.2) is 48.5 Å². The van der Waals surface area contributed by atoms with Crippen LogP contribution in [0.25, 0.3) is 0 Å². The van der Waals surface area contributed by atoms with Crippen molar-refractivity contribution in [2.75, 3.05) is 62.7 Å². The van der Waals surface area contributed by atoms with Crippen LogP contribution < -0.4 is 19.9 Å². The third-order valence-electron chi connectivity index (χ3n) is 6.17. The molecule has 8 heteroatoms. The van der Waals surface area contributed by atoms with Crippen molar-refractivity contribution in [3.63, 3.8) is 0 Å². The third-order valence-corrected chi connectivity index (χ3v) is 6.17. The molecule has 2 heterocycles. The fraction of sp³-hybridized carbons (Fsp3) is 0.417. The number of carbonyl (C=O) groups is 2. The number of nitrogens with one attached hydrogen (secondary N) is 1. The van der Waals surface area contributed by atoms with Crippen molar-refractivity contribution in [1.29, 1.82) is 0 Å². The van der Waals surface area contributed by atoms with Crippen LogP contribution in [0.3, 0.4) is 0 Å². The lowest BCUT2D eigenvalue weighted by Gasteiger charge is -2.36. The lowest BCUT2D eigenvalue weighted by atomic mass is 10.1. The number of halogens is 1. The maximum absolute atomic E-state index is 13.1. The van der Waals surface area contributed by atoms with Crippen LogP contribution in [-0.4, -0.2) is 69.6 Å². The second-order valence-electron chi connectivity index (χ2n) is 8.20. The number of piperazine rings is 1. The van der Waals surface area contributed by atoms with Crippen molar-refractivity contribution in [2.24, 2.45) is 5.92 Å². The number of benzene rings is 2. The maximum atomic E-state index is 13.1. The molecule has 2 amide bonds. The number of anilines is 2. The van der Waals surface area contributed by atoms with Gasteiger partial charge in [-0.25, -0.2) is 4.39 Å². The van der Waals surface area contributed by atoms with Gasteiger partial charge in [0.2, 0.25) is 11.8 Å². The summed E-state index contributed by atoms with van der Waals surface area (Å²) in [5.74, 6) is 0.0684. The van der Waals surface area contributed by atoms with E-state index in [2.05, 4.69) is 15.1 Å². The molecule has 0 saturated carbocycles. The zero-order valence-corrected chi connectivity index (χ0v) is 18.3. The van der Waals surface area contributed by atoms with Crippen molar-refractivity contribution in [1.82, 2.24) is 10.2 Å². The molecule has 2 saturated heterocycles. The fourth-order valence-electron chi connectivity index (χ4n) is 4.26. The quantitative estimate of drug-likeness (QED) is 0.715. The first kappa shape index (κ1) is 22.1. The average molecular weight is 441 g/mol. The zero-order valence-electron chi connectivity index (χ0n) is 18.3. The van der Waals surface area contributed by atoms with Gasteiger partial charge in [0.05, 0.1) is 13.0 Å². The van der Waals surface area contributed by atoms with Crippen LogP contribution >= 0.6 is 0 Å². The molecule has 7 nitrogen and oxygen atoms in total. The highest BCUT2D eigenvalue weighted by Crippen LogP contribution is 2.27. The molecule has 2 fully saturated rings. The van der Waals surface area contributed by atoms with Crippen molar-refractivity contribution in [3.05, 3.63) is 54.3 Å². The van der Waals surface area contributed by atoms with Gasteiger partial charge in [-0.1, -0.05) is 0 Å². The number of amides is 2. The van der Waals surface area contributed by atoms with Gasteiger partial charge in [0.25, 0.3) is 0 Å². The van der Waals surface area contributed by atoms with E-state index in [0.29, 0.717) is 13.1 Å². The highest BCUT2D eigenvalue weighted by molar-refractivity contribution is 6.00. The minimum atomic E-state index is -0.333. The van der Waals surface area contributed by atoms with Crippen LogP contribution in [0.1, 0.15) is 6.42 Å². The molecule has 32 heavy (non-hydrogen) atoms. The minimum absolute atomic E-state index is 0.0350. The van der Waals surface area contributed by atoms with Crippen LogP contribution in [-0.2, 0) is 9.59 Å². The smallest absolute Gasteiger partial charge is 0.227 e. The molecule has 0 aromatic heterocycles. The van der Waals surface area contributed by atoms with Gasteiger partial charge in [-0.05, 0) is 48.5 Å². The molecule has 0 aliphatic carbocycles. The van der Waals surface area contributed by atoms with E-state index in [4.69, 9.17) is 4.74 Å². The second kappa shape index (κ2) is 9.99. The summed E-state index contributed by atoms with van der Waals surface area (Å²) in [5, 5.41) is 3.00. The Morgan fingerprint density at radius 2 is 1.69 bits per heavy atom. The van der Waals surface area contributed by atoms with Crippen LogP contribution in [0.4, 0.5) is 15.8 Å². The minimum Gasteiger partial charge on any atom is -0.497 e. The Kier molecular flexibility index (Phi) is 6.90. The van der Waals surface area contributed by atoms with Gasteiger partial charge < -0.3 is 19.9 Å². The number of ether oxygens (including phenoxy) is 1. The standard InChI is InChI=1S/C24H29FN4O3/c1-32-22-8-6-21(7-9-22)29-17-18(16-23(29)30)24(31)26-10-11-27-12-14-28(15-13-27)20-4-2-19(25)3-5-20/h2-9,18H,10-17H2,1H3,(H,26,31). The van der Waals surface area contributed by atoms with Gasteiger partial charge in [0, 0.05) is 63.6 Å². The molecular weight excluding hydrogens is 411 g/mol. The molecular formula is C24H29FN4O3. The predicted molar refractivity (Wildman–Crippen MR) is 122 cm³/mol. The number of carbonyl (C=O) groups excluding carboxylic acids is 2. The van der Waals surface area contributed by atoms with Crippen molar-refractivity contribution >= 4 is 23.2 Å².